The third-order valence-electron chi connectivity index (χ3n) is 5.43. The summed E-state index contributed by atoms with van der Waals surface area (Å²) >= 11 is 0. The van der Waals surface area contributed by atoms with Gasteiger partial charge < -0.3 is 4.74 Å². The van der Waals surface area contributed by atoms with Crippen molar-refractivity contribution in [3.8, 4) is 0 Å². The molecule has 2 unspecified atom stereocenters. The summed E-state index contributed by atoms with van der Waals surface area (Å²) in [5, 5.41) is 0. The molecular weight excluding hydrogens is 286 g/mol. The summed E-state index contributed by atoms with van der Waals surface area (Å²) in [5.74, 6) is 0.0183. The van der Waals surface area contributed by atoms with E-state index in [1.165, 1.54) is 30.4 Å². The molecule has 1 aliphatic heterocycles. The predicted molar refractivity (Wildman–Crippen MR) is 92.3 cm³/mol. The molecule has 1 saturated heterocycles. The first-order chi connectivity index (χ1) is 11.2. The molecule has 2 aliphatic rings. The maximum absolute atomic E-state index is 12.5. The number of piperidine rings is 1. The minimum Gasteiger partial charge on any atom is -0.465 e. The van der Waals surface area contributed by atoms with Crippen molar-refractivity contribution in [2.75, 3.05) is 19.7 Å². The topological polar surface area (TPSA) is 29.5 Å². The van der Waals surface area contributed by atoms with Crippen LogP contribution in [0.5, 0.6) is 0 Å². The predicted octanol–water partition coefficient (Wildman–Crippen LogP) is 4.04. The summed E-state index contributed by atoms with van der Waals surface area (Å²) in [5.41, 5.74) is 2.46. The van der Waals surface area contributed by atoms with Crippen molar-refractivity contribution in [2.24, 2.45) is 5.92 Å². The smallest absolute Gasteiger partial charge is 0.311 e. The molecule has 1 heterocycles. The van der Waals surface area contributed by atoms with Crippen LogP contribution in [0.4, 0.5) is 0 Å². The lowest BCUT2D eigenvalue weighted by atomic mass is 9.96. The SMILES string of the molecule is CCCCOC(=O)C1CC1(c1ccc(C)cc1)N1CCCCC1. The second-order valence-electron chi connectivity index (χ2n) is 7.12. The molecule has 2 atom stereocenters. The maximum atomic E-state index is 12.5. The maximum Gasteiger partial charge on any atom is 0.311 e. The lowest BCUT2D eigenvalue weighted by Crippen LogP contribution is -2.41. The highest BCUT2D eigenvalue weighted by molar-refractivity contribution is 5.79. The number of esters is 1. The monoisotopic (exact) mass is 315 g/mol. The van der Waals surface area contributed by atoms with Gasteiger partial charge in [-0.2, -0.15) is 0 Å². The van der Waals surface area contributed by atoms with E-state index in [0.717, 1.165) is 32.4 Å². The van der Waals surface area contributed by atoms with Gasteiger partial charge in [-0.15, -0.1) is 0 Å². The second-order valence-corrected chi connectivity index (χ2v) is 7.12. The van der Waals surface area contributed by atoms with Crippen LogP contribution in [0.2, 0.25) is 0 Å². The summed E-state index contributed by atoms with van der Waals surface area (Å²) < 4.78 is 5.53. The normalized spacial score (nSPS) is 27.7. The van der Waals surface area contributed by atoms with Crippen molar-refractivity contribution < 1.29 is 9.53 Å². The third kappa shape index (κ3) is 3.30. The summed E-state index contributed by atoms with van der Waals surface area (Å²) in [6.45, 7) is 7.01. The second kappa shape index (κ2) is 7.04. The zero-order valence-electron chi connectivity index (χ0n) is 14.5. The van der Waals surface area contributed by atoms with Crippen molar-refractivity contribution in [1.29, 1.82) is 0 Å². The fourth-order valence-corrected chi connectivity index (χ4v) is 3.93. The Morgan fingerprint density at radius 3 is 2.57 bits per heavy atom. The molecule has 1 aliphatic carbocycles. The van der Waals surface area contributed by atoms with Gasteiger partial charge in [-0.3, -0.25) is 9.69 Å². The molecule has 0 bridgehead atoms. The van der Waals surface area contributed by atoms with Crippen LogP contribution in [-0.2, 0) is 15.1 Å². The highest BCUT2D eigenvalue weighted by atomic mass is 16.5. The van der Waals surface area contributed by atoms with Gasteiger partial charge in [0.2, 0.25) is 0 Å². The van der Waals surface area contributed by atoms with E-state index in [-0.39, 0.29) is 17.4 Å². The van der Waals surface area contributed by atoms with Crippen LogP contribution in [0.1, 0.15) is 56.6 Å². The largest absolute Gasteiger partial charge is 0.465 e. The molecule has 0 radical (unpaired) electrons. The number of carbonyl (C=O) groups is 1. The van der Waals surface area contributed by atoms with E-state index >= 15 is 0 Å². The molecule has 0 amide bonds. The molecule has 1 aromatic carbocycles. The van der Waals surface area contributed by atoms with Crippen molar-refractivity contribution in [1.82, 2.24) is 4.90 Å². The van der Waals surface area contributed by atoms with E-state index in [1.54, 1.807) is 0 Å². The summed E-state index contributed by atoms with van der Waals surface area (Å²) in [6.07, 6.45) is 6.73. The average Bonchev–Trinajstić information content (AvgIpc) is 3.33. The van der Waals surface area contributed by atoms with Crippen molar-refractivity contribution >= 4 is 5.97 Å². The van der Waals surface area contributed by atoms with Gasteiger partial charge in [0.25, 0.3) is 0 Å². The first-order valence-corrected chi connectivity index (χ1v) is 9.17. The molecule has 0 aromatic heterocycles. The van der Waals surface area contributed by atoms with E-state index in [4.69, 9.17) is 4.74 Å². The highest BCUT2D eigenvalue weighted by Gasteiger charge is 2.63. The third-order valence-corrected chi connectivity index (χ3v) is 5.43. The minimum atomic E-state index is -0.0998. The Labute approximate surface area is 140 Å². The molecule has 2 fully saturated rings. The van der Waals surface area contributed by atoms with Gasteiger partial charge in [-0.05, 0) is 51.3 Å². The van der Waals surface area contributed by atoms with Crippen molar-refractivity contribution in [2.45, 2.75) is 57.9 Å². The van der Waals surface area contributed by atoms with Gasteiger partial charge in [-0.1, -0.05) is 49.6 Å². The van der Waals surface area contributed by atoms with Gasteiger partial charge in [-0.25, -0.2) is 0 Å². The first kappa shape index (κ1) is 16.5. The van der Waals surface area contributed by atoms with Crippen LogP contribution >= 0.6 is 0 Å². The Morgan fingerprint density at radius 2 is 1.91 bits per heavy atom. The Bertz CT molecular complexity index is 533. The molecule has 3 heteroatoms. The van der Waals surface area contributed by atoms with Gasteiger partial charge in [0.05, 0.1) is 18.1 Å². The number of ether oxygens (including phenoxy) is 1. The molecule has 3 nitrogen and oxygen atoms in total. The quantitative estimate of drug-likeness (QED) is 0.586. The standard InChI is InChI=1S/C20H29NO2/c1-3-4-14-23-19(22)18-15-20(18,21-12-6-5-7-13-21)17-10-8-16(2)9-11-17/h8-11,18H,3-7,12-15H2,1-2H3. The zero-order valence-corrected chi connectivity index (χ0v) is 14.5. The van der Waals surface area contributed by atoms with Crippen LogP contribution in [-0.4, -0.2) is 30.6 Å². The summed E-state index contributed by atoms with van der Waals surface area (Å²) in [6, 6.07) is 8.75. The lowest BCUT2D eigenvalue weighted by molar-refractivity contribution is -0.146. The van der Waals surface area contributed by atoms with Gasteiger partial charge in [0.1, 0.15) is 0 Å². The fourth-order valence-electron chi connectivity index (χ4n) is 3.93. The molecule has 1 saturated carbocycles. The molecule has 0 spiro atoms. The Morgan fingerprint density at radius 1 is 1.22 bits per heavy atom. The number of aryl methyl sites for hydroxylation is 1. The van der Waals surface area contributed by atoms with E-state index < -0.39 is 0 Å². The number of likely N-dealkylation sites (tertiary alicyclic amines) is 1. The number of hydrogen-bond donors (Lipinski definition) is 0. The minimum absolute atomic E-state index is 0.00426. The molecule has 23 heavy (non-hydrogen) atoms. The Hall–Kier alpha value is -1.35. The van der Waals surface area contributed by atoms with Crippen LogP contribution in [0.25, 0.3) is 0 Å². The van der Waals surface area contributed by atoms with Crippen LogP contribution in [0.15, 0.2) is 24.3 Å². The van der Waals surface area contributed by atoms with E-state index in [2.05, 4.69) is 43.0 Å². The van der Waals surface area contributed by atoms with Crippen LogP contribution in [0.3, 0.4) is 0 Å². The number of carbonyl (C=O) groups excluding carboxylic acids is 1. The van der Waals surface area contributed by atoms with E-state index in [9.17, 15) is 4.79 Å². The summed E-state index contributed by atoms with van der Waals surface area (Å²) in [4.78, 5) is 15.1. The zero-order chi connectivity index (χ0) is 16.3. The molecular formula is C20H29NO2. The van der Waals surface area contributed by atoms with Gasteiger partial charge in [0, 0.05) is 0 Å². The molecule has 0 N–H and O–H groups in total. The van der Waals surface area contributed by atoms with E-state index in [0.29, 0.717) is 6.61 Å². The van der Waals surface area contributed by atoms with Gasteiger partial charge in [0.15, 0.2) is 0 Å². The number of nitrogens with zero attached hydrogens (tertiary/aromatic N) is 1. The molecule has 3 rings (SSSR count). The number of benzene rings is 1. The summed E-state index contributed by atoms with van der Waals surface area (Å²) in [7, 11) is 0. The van der Waals surface area contributed by atoms with Crippen molar-refractivity contribution in [3.05, 3.63) is 35.4 Å². The number of unbranched alkanes of at least 4 members (excludes halogenated alkanes) is 1. The Kier molecular flexibility index (Phi) is 5.05. The first-order valence-electron chi connectivity index (χ1n) is 9.17. The van der Waals surface area contributed by atoms with Gasteiger partial charge >= 0.3 is 5.97 Å². The van der Waals surface area contributed by atoms with Crippen LogP contribution < -0.4 is 0 Å². The number of rotatable bonds is 6. The Balaban J connectivity index is 1.79. The van der Waals surface area contributed by atoms with Crippen LogP contribution in [0, 0.1) is 12.8 Å². The lowest BCUT2D eigenvalue weighted by Gasteiger charge is -2.36. The molecule has 1 aromatic rings. The van der Waals surface area contributed by atoms with E-state index in [1.807, 2.05) is 0 Å². The highest BCUT2D eigenvalue weighted by Crippen LogP contribution is 2.57. The fraction of sp³-hybridized carbons (Fsp3) is 0.650. The average molecular weight is 315 g/mol. The van der Waals surface area contributed by atoms with Crippen molar-refractivity contribution in [3.63, 3.8) is 0 Å². The number of hydrogen-bond acceptors (Lipinski definition) is 3. The molecule has 126 valence electrons.